The fourth-order valence-electron chi connectivity index (χ4n) is 3.10. The van der Waals surface area contributed by atoms with Gasteiger partial charge in [-0.25, -0.2) is 0 Å². The predicted molar refractivity (Wildman–Crippen MR) is 86.1 cm³/mol. The SMILES string of the molecule is CN=C(NCC(OC)C(C)(C)C)N1CC(C)CC(C)C1. The van der Waals surface area contributed by atoms with Gasteiger partial charge < -0.3 is 15.0 Å². The van der Waals surface area contributed by atoms with Crippen molar-refractivity contribution in [3.05, 3.63) is 0 Å². The number of nitrogens with zero attached hydrogens (tertiary/aromatic N) is 2. The van der Waals surface area contributed by atoms with Gasteiger partial charge in [-0.2, -0.15) is 0 Å². The Labute approximate surface area is 125 Å². The molecule has 0 spiro atoms. The Kier molecular flexibility index (Phi) is 6.31. The van der Waals surface area contributed by atoms with Crippen molar-refractivity contribution < 1.29 is 4.74 Å². The standard InChI is InChI=1S/C16H33N3O/c1-12-8-13(2)11-19(10-12)15(17-6)18-9-14(20-7)16(3,4)5/h12-14H,8-11H2,1-7H3,(H,17,18). The molecule has 0 bridgehead atoms. The highest BCUT2D eigenvalue weighted by molar-refractivity contribution is 5.80. The molecule has 3 atom stereocenters. The zero-order valence-electron chi connectivity index (χ0n) is 14.4. The van der Waals surface area contributed by atoms with Crippen molar-refractivity contribution in [3.8, 4) is 0 Å². The minimum Gasteiger partial charge on any atom is -0.379 e. The van der Waals surface area contributed by atoms with Gasteiger partial charge in [0.05, 0.1) is 6.10 Å². The first-order chi connectivity index (χ1) is 9.27. The molecule has 0 radical (unpaired) electrons. The monoisotopic (exact) mass is 283 g/mol. The fraction of sp³-hybridized carbons (Fsp3) is 0.938. The number of hydrogen-bond donors (Lipinski definition) is 1. The van der Waals surface area contributed by atoms with Crippen molar-refractivity contribution in [2.75, 3.05) is 33.8 Å². The van der Waals surface area contributed by atoms with Crippen LogP contribution < -0.4 is 5.32 Å². The summed E-state index contributed by atoms with van der Waals surface area (Å²) >= 11 is 0. The molecule has 0 saturated carbocycles. The molecule has 4 heteroatoms. The van der Waals surface area contributed by atoms with E-state index in [9.17, 15) is 0 Å². The second-order valence-electron chi connectivity index (χ2n) is 7.37. The van der Waals surface area contributed by atoms with Crippen LogP contribution in [0.3, 0.4) is 0 Å². The number of likely N-dealkylation sites (tertiary alicyclic amines) is 1. The molecule has 1 N–H and O–H groups in total. The first kappa shape index (κ1) is 17.3. The zero-order chi connectivity index (χ0) is 15.3. The molecule has 118 valence electrons. The fourth-order valence-corrected chi connectivity index (χ4v) is 3.10. The topological polar surface area (TPSA) is 36.9 Å². The quantitative estimate of drug-likeness (QED) is 0.639. The van der Waals surface area contributed by atoms with Gasteiger partial charge >= 0.3 is 0 Å². The van der Waals surface area contributed by atoms with E-state index in [2.05, 4.69) is 49.8 Å². The Morgan fingerprint density at radius 1 is 1.30 bits per heavy atom. The third-order valence-corrected chi connectivity index (χ3v) is 4.08. The van der Waals surface area contributed by atoms with Crippen LogP contribution in [0.5, 0.6) is 0 Å². The molecule has 1 saturated heterocycles. The van der Waals surface area contributed by atoms with E-state index in [4.69, 9.17) is 4.74 Å². The predicted octanol–water partition coefficient (Wildman–Crippen LogP) is 2.60. The number of hydrogen-bond acceptors (Lipinski definition) is 2. The van der Waals surface area contributed by atoms with Crippen molar-refractivity contribution in [3.63, 3.8) is 0 Å². The van der Waals surface area contributed by atoms with E-state index in [1.165, 1.54) is 6.42 Å². The van der Waals surface area contributed by atoms with E-state index in [0.29, 0.717) is 0 Å². The Balaban J connectivity index is 2.59. The minimum absolute atomic E-state index is 0.128. The molecule has 1 aliphatic heterocycles. The largest absolute Gasteiger partial charge is 0.379 e. The second-order valence-corrected chi connectivity index (χ2v) is 7.37. The number of aliphatic imine (C=N–C) groups is 1. The van der Waals surface area contributed by atoms with Crippen molar-refractivity contribution in [2.24, 2.45) is 22.2 Å². The van der Waals surface area contributed by atoms with Gasteiger partial charge in [0.25, 0.3) is 0 Å². The third-order valence-electron chi connectivity index (χ3n) is 4.08. The van der Waals surface area contributed by atoms with Crippen LogP contribution in [0.1, 0.15) is 41.0 Å². The summed E-state index contributed by atoms with van der Waals surface area (Å²) in [4.78, 5) is 6.83. The first-order valence-electron chi connectivity index (χ1n) is 7.76. The van der Waals surface area contributed by atoms with E-state index < -0.39 is 0 Å². The molecule has 0 aromatic carbocycles. The summed E-state index contributed by atoms with van der Waals surface area (Å²) in [6, 6.07) is 0. The lowest BCUT2D eigenvalue weighted by Gasteiger charge is -2.38. The van der Waals surface area contributed by atoms with Crippen molar-refractivity contribution in [2.45, 2.75) is 47.1 Å². The Hall–Kier alpha value is -0.770. The Bertz CT molecular complexity index is 312. The number of guanidine groups is 1. The van der Waals surface area contributed by atoms with Crippen LogP contribution in [0.4, 0.5) is 0 Å². The van der Waals surface area contributed by atoms with E-state index in [0.717, 1.165) is 37.4 Å². The summed E-state index contributed by atoms with van der Waals surface area (Å²) < 4.78 is 5.60. The summed E-state index contributed by atoms with van der Waals surface area (Å²) in [6.07, 6.45) is 1.50. The summed E-state index contributed by atoms with van der Waals surface area (Å²) in [6.45, 7) is 14.2. The molecular weight excluding hydrogens is 250 g/mol. The number of rotatable bonds is 3. The van der Waals surface area contributed by atoms with E-state index >= 15 is 0 Å². The average molecular weight is 283 g/mol. The van der Waals surface area contributed by atoms with Crippen LogP contribution in [0.25, 0.3) is 0 Å². The van der Waals surface area contributed by atoms with Gasteiger partial charge in [0.2, 0.25) is 0 Å². The third kappa shape index (κ3) is 4.97. The first-order valence-corrected chi connectivity index (χ1v) is 7.76. The molecule has 20 heavy (non-hydrogen) atoms. The highest BCUT2D eigenvalue weighted by Crippen LogP contribution is 2.22. The van der Waals surface area contributed by atoms with Crippen LogP contribution in [0.15, 0.2) is 4.99 Å². The Morgan fingerprint density at radius 3 is 2.25 bits per heavy atom. The normalized spacial score (nSPS) is 26.6. The summed E-state index contributed by atoms with van der Waals surface area (Å²) in [5.41, 5.74) is 0.128. The summed E-state index contributed by atoms with van der Waals surface area (Å²) in [5.74, 6) is 2.48. The van der Waals surface area contributed by atoms with Crippen LogP contribution in [-0.2, 0) is 4.74 Å². The van der Waals surface area contributed by atoms with Crippen molar-refractivity contribution >= 4 is 5.96 Å². The summed E-state index contributed by atoms with van der Waals surface area (Å²) in [5, 5.41) is 3.49. The van der Waals surface area contributed by atoms with Gasteiger partial charge in [-0.3, -0.25) is 4.99 Å². The lowest BCUT2D eigenvalue weighted by molar-refractivity contribution is 0.0199. The van der Waals surface area contributed by atoms with Crippen LogP contribution in [-0.4, -0.2) is 50.8 Å². The molecule has 1 aliphatic rings. The molecular formula is C16H33N3O. The molecule has 3 unspecified atom stereocenters. The summed E-state index contributed by atoms with van der Waals surface area (Å²) in [7, 11) is 3.65. The zero-order valence-corrected chi connectivity index (χ0v) is 14.4. The molecule has 1 heterocycles. The average Bonchev–Trinajstić information content (AvgIpc) is 2.31. The molecule has 1 fully saturated rings. The molecule has 4 nitrogen and oxygen atoms in total. The number of methoxy groups -OCH3 is 1. The van der Waals surface area contributed by atoms with Crippen LogP contribution >= 0.6 is 0 Å². The highest BCUT2D eigenvalue weighted by atomic mass is 16.5. The van der Waals surface area contributed by atoms with E-state index in [1.54, 1.807) is 7.11 Å². The van der Waals surface area contributed by atoms with E-state index in [1.807, 2.05) is 7.05 Å². The Morgan fingerprint density at radius 2 is 1.85 bits per heavy atom. The van der Waals surface area contributed by atoms with Gasteiger partial charge in [0.1, 0.15) is 0 Å². The van der Waals surface area contributed by atoms with Gasteiger partial charge in [-0.1, -0.05) is 34.6 Å². The second kappa shape index (κ2) is 7.30. The number of nitrogens with one attached hydrogen (secondary N) is 1. The smallest absolute Gasteiger partial charge is 0.193 e. The lowest BCUT2D eigenvalue weighted by Crippen LogP contribution is -2.51. The van der Waals surface area contributed by atoms with Gasteiger partial charge in [0.15, 0.2) is 5.96 Å². The molecule has 0 amide bonds. The van der Waals surface area contributed by atoms with Crippen LogP contribution in [0, 0.1) is 17.3 Å². The maximum absolute atomic E-state index is 5.60. The van der Waals surface area contributed by atoms with Gasteiger partial charge in [0, 0.05) is 33.8 Å². The number of ether oxygens (including phenoxy) is 1. The maximum Gasteiger partial charge on any atom is 0.193 e. The molecule has 1 rings (SSSR count). The molecule has 0 aliphatic carbocycles. The number of piperidine rings is 1. The van der Waals surface area contributed by atoms with Gasteiger partial charge in [-0.05, 0) is 23.7 Å². The van der Waals surface area contributed by atoms with Crippen molar-refractivity contribution in [1.82, 2.24) is 10.2 Å². The van der Waals surface area contributed by atoms with Crippen LogP contribution in [0.2, 0.25) is 0 Å². The maximum atomic E-state index is 5.60. The minimum atomic E-state index is 0.128. The van der Waals surface area contributed by atoms with Crippen molar-refractivity contribution in [1.29, 1.82) is 0 Å². The lowest BCUT2D eigenvalue weighted by atomic mass is 9.89. The molecule has 0 aromatic heterocycles. The van der Waals surface area contributed by atoms with Gasteiger partial charge in [-0.15, -0.1) is 0 Å². The van der Waals surface area contributed by atoms with E-state index in [-0.39, 0.29) is 11.5 Å². The highest BCUT2D eigenvalue weighted by Gasteiger charge is 2.27. The molecule has 0 aromatic rings.